The number of guanidine groups is 1. The molecular formula is C20H31F2N3O4. The van der Waals surface area contributed by atoms with Crippen LogP contribution in [0.5, 0.6) is 11.5 Å². The number of halogens is 2. The Kier molecular flexibility index (Phi) is 10.5. The summed E-state index contributed by atoms with van der Waals surface area (Å²) in [4.78, 5) is 4.18. The molecule has 0 spiro atoms. The first-order valence-corrected chi connectivity index (χ1v) is 9.84. The summed E-state index contributed by atoms with van der Waals surface area (Å²) >= 11 is 0. The molecule has 29 heavy (non-hydrogen) atoms. The van der Waals surface area contributed by atoms with Gasteiger partial charge < -0.3 is 29.6 Å². The average molecular weight is 415 g/mol. The molecule has 1 aliphatic heterocycles. The number of benzene rings is 1. The van der Waals surface area contributed by atoms with Crippen LogP contribution in [0.1, 0.15) is 18.4 Å². The summed E-state index contributed by atoms with van der Waals surface area (Å²) in [5.74, 6) is 1.53. The van der Waals surface area contributed by atoms with Gasteiger partial charge in [-0.2, -0.15) is 8.78 Å². The summed E-state index contributed by atoms with van der Waals surface area (Å²) < 4.78 is 45.6. The van der Waals surface area contributed by atoms with E-state index in [0.29, 0.717) is 31.4 Å². The van der Waals surface area contributed by atoms with Crippen molar-refractivity contribution in [3.8, 4) is 11.5 Å². The Bertz CT molecular complexity index is 626. The predicted octanol–water partition coefficient (Wildman–Crippen LogP) is 2.45. The van der Waals surface area contributed by atoms with Gasteiger partial charge >= 0.3 is 6.61 Å². The van der Waals surface area contributed by atoms with Gasteiger partial charge in [-0.25, -0.2) is 0 Å². The van der Waals surface area contributed by atoms with Crippen molar-refractivity contribution in [1.82, 2.24) is 10.6 Å². The number of hydrogen-bond acceptors (Lipinski definition) is 5. The highest BCUT2D eigenvalue weighted by Crippen LogP contribution is 2.29. The molecular weight excluding hydrogens is 384 g/mol. The van der Waals surface area contributed by atoms with Crippen LogP contribution in [0.25, 0.3) is 0 Å². The largest absolute Gasteiger partial charge is 0.493 e. The smallest absolute Gasteiger partial charge is 0.387 e. The van der Waals surface area contributed by atoms with Gasteiger partial charge in [-0.05, 0) is 37.0 Å². The lowest BCUT2D eigenvalue weighted by atomic mass is 10.1. The number of methoxy groups -OCH3 is 1. The van der Waals surface area contributed by atoms with E-state index in [1.54, 1.807) is 19.2 Å². The van der Waals surface area contributed by atoms with Crippen LogP contribution in [-0.4, -0.2) is 66.2 Å². The first-order valence-electron chi connectivity index (χ1n) is 9.84. The second-order valence-electron chi connectivity index (χ2n) is 6.70. The highest BCUT2D eigenvalue weighted by atomic mass is 19.3. The van der Waals surface area contributed by atoms with Gasteiger partial charge in [-0.3, -0.25) is 4.99 Å². The highest BCUT2D eigenvalue weighted by Gasteiger charge is 2.15. The van der Waals surface area contributed by atoms with Crippen molar-refractivity contribution in [1.29, 1.82) is 0 Å². The summed E-state index contributed by atoms with van der Waals surface area (Å²) in [7, 11) is 3.12. The molecule has 0 aromatic heterocycles. The number of nitrogens with zero attached hydrogens (tertiary/aromatic N) is 1. The molecule has 7 nitrogen and oxygen atoms in total. The van der Waals surface area contributed by atoms with Crippen molar-refractivity contribution < 1.29 is 27.7 Å². The van der Waals surface area contributed by atoms with E-state index in [4.69, 9.17) is 14.2 Å². The van der Waals surface area contributed by atoms with E-state index in [-0.39, 0.29) is 11.5 Å². The summed E-state index contributed by atoms with van der Waals surface area (Å²) in [6.45, 7) is 1.54. The SMILES string of the molecule is CN=C(NCCCOCC1CCOC1)NCCc1ccc(OC)c(OC(F)F)c1. The molecule has 1 aromatic rings. The number of alkyl halides is 2. The Balaban J connectivity index is 1.63. The first-order chi connectivity index (χ1) is 14.1. The van der Waals surface area contributed by atoms with Crippen LogP contribution in [0, 0.1) is 5.92 Å². The van der Waals surface area contributed by atoms with Crippen molar-refractivity contribution >= 4 is 5.96 Å². The lowest BCUT2D eigenvalue weighted by molar-refractivity contribution is -0.0512. The molecule has 0 aliphatic carbocycles. The van der Waals surface area contributed by atoms with E-state index in [2.05, 4.69) is 20.4 Å². The van der Waals surface area contributed by atoms with Gasteiger partial charge in [0.1, 0.15) is 0 Å². The topological polar surface area (TPSA) is 73.3 Å². The first kappa shape index (κ1) is 23.2. The number of hydrogen-bond donors (Lipinski definition) is 2. The molecule has 2 rings (SSSR count). The quantitative estimate of drug-likeness (QED) is 0.310. The third-order valence-corrected chi connectivity index (χ3v) is 4.51. The summed E-state index contributed by atoms with van der Waals surface area (Å²) in [6.07, 6.45) is 2.58. The Hall–Kier alpha value is -2.13. The van der Waals surface area contributed by atoms with Crippen LogP contribution < -0.4 is 20.1 Å². The fourth-order valence-electron chi connectivity index (χ4n) is 2.96. The van der Waals surface area contributed by atoms with Crippen LogP contribution in [0.4, 0.5) is 8.78 Å². The molecule has 1 atom stereocenters. The van der Waals surface area contributed by atoms with Crippen LogP contribution in [0.3, 0.4) is 0 Å². The molecule has 1 unspecified atom stereocenters. The fraction of sp³-hybridized carbons (Fsp3) is 0.650. The van der Waals surface area contributed by atoms with E-state index < -0.39 is 6.61 Å². The van der Waals surface area contributed by atoms with Crippen LogP contribution in [0.2, 0.25) is 0 Å². The molecule has 1 saturated heterocycles. The molecule has 9 heteroatoms. The minimum Gasteiger partial charge on any atom is -0.493 e. The Labute approximate surface area is 170 Å². The zero-order valence-corrected chi connectivity index (χ0v) is 17.1. The minimum atomic E-state index is -2.89. The van der Waals surface area contributed by atoms with Gasteiger partial charge in [0, 0.05) is 39.3 Å². The molecule has 0 radical (unpaired) electrons. The van der Waals surface area contributed by atoms with Gasteiger partial charge in [0.15, 0.2) is 17.5 Å². The monoisotopic (exact) mass is 415 g/mol. The maximum Gasteiger partial charge on any atom is 0.387 e. The Morgan fingerprint density at radius 1 is 1.28 bits per heavy atom. The Morgan fingerprint density at radius 3 is 2.79 bits per heavy atom. The maximum absolute atomic E-state index is 12.5. The molecule has 0 bridgehead atoms. The lowest BCUT2D eigenvalue weighted by Crippen LogP contribution is -2.39. The zero-order chi connectivity index (χ0) is 20.9. The third kappa shape index (κ3) is 8.82. The molecule has 1 heterocycles. The molecule has 164 valence electrons. The van der Waals surface area contributed by atoms with E-state index in [1.165, 1.54) is 7.11 Å². The van der Waals surface area contributed by atoms with Crippen molar-refractivity contribution in [2.75, 3.05) is 53.7 Å². The second-order valence-corrected chi connectivity index (χ2v) is 6.70. The fourth-order valence-corrected chi connectivity index (χ4v) is 2.96. The van der Waals surface area contributed by atoms with Crippen molar-refractivity contribution in [3.05, 3.63) is 23.8 Å². The Morgan fingerprint density at radius 2 is 2.10 bits per heavy atom. The maximum atomic E-state index is 12.5. The third-order valence-electron chi connectivity index (χ3n) is 4.51. The van der Waals surface area contributed by atoms with Gasteiger partial charge in [-0.1, -0.05) is 6.07 Å². The minimum absolute atomic E-state index is 0.0340. The molecule has 1 aromatic carbocycles. The lowest BCUT2D eigenvalue weighted by Gasteiger charge is -2.14. The van der Waals surface area contributed by atoms with Crippen molar-refractivity contribution in [2.24, 2.45) is 10.9 Å². The second kappa shape index (κ2) is 13.2. The predicted molar refractivity (Wildman–Crippen MR) is 107 cm³/mol. The number of aliphatic imine (C=N–C) groups is 1. The van der Waals surface area contributed by atoms with Crippen LogP contribution in [0.15, 0.2) is 23.2 Å². The molecule has 0 saturated carbocycles. The number of nitrogens with one attached hydrogen (secondary N) is 2. The highest BCUT2D eigenvalue weighted by molar-refractivity contribution is 5.79. The van der Waals surface area contributed by atoms with E-state index in [9.17, 15) is 8.78 Å². The van der Waals surface area contributed by atoms with Crippen molar-refractivity contribution in [2.45, 2.75) is 25.9 Å². The zero-order valence-electron chi connectivity index (χ0n) is 17.1. The van der Waals surface area contributed by atoms with Crippen LogP contribution in [-0.2, 0) is 15.9 Å². The van der Waals surface area contributed by atoms with E-state index in [0.717, 1.165) is 44.8 Å². The normalized spacial score (nSPS) is 16.9. The number of rotatable bonds is 12. The van der Waals surface area contributed by atoms with Gasteiger partial charge in [0.05, 0.1) is 20.3 Å². The van der Waals surface area contributed by atoms with Crippen LogP contribution >= 0.6 is 0 Å². The average Bonchev–Trinajstić information content (AvgIpc) is 3.22. The van der Waals surface area contributed by atoms with Crippen molar-refractivity contribution in [3.63, 3.8) is 0 Å². The molecule has 1 aliphatic rings. The van der Waals surface area contributed by atoms with Gasteiger partial charge in [0.2, 0.25) is 0 Å². The van der Waals surface area contributed by atoms with E-state index in [1.807, 2.05) is 6.07 Å². The summed E-state index contributed by atoms with van der Waals surface area (Å²) in [5, 5.41) is 6.43. The van der Waals surface area contributed by atoms with Gasteiger partial charge in [-0.15, -0.1) is 0 Å². The summed E-state index contributed by atoms with van der Waals surface area (Å²) in [5.41, 5.74) is 0.855. The molecule has 0 amide bonds. The number of ether oxygens (including phenoxy) is 4. The summed E-state index contributed by atoms with van der Waals surface area (Å²) in [6, 6.07) is 5.01. The molecule has 2 N–H and O–H groups in total. The molecule has 1 fully saturated rings. The standard InChI is InChI=1S/C20H31F2N3O4/c1-23-20(24-8-3-10-27-13-16-7-11-28-14-16)25-9-6-15-4-5-17(26-2)18(12-15)29-19(21)22/h4-5,12,16,19H,3,6-11,13-14H2,1-2H3,(H2,23,24,25). The van der Waals surface area contributed by atoms with E-state index >= 15 is 0 Å². The van der Waals surface area contributed by atoms with Gasteiger partial charge in [0.25, 0.3) is 0 Å².